The van der Waals surface area contributed by atoms with Gasteiger partial charge in [-0.05, 0) is 25.3 Å². The molecule has 0 bridgehead atoms. The molecule has 17 heavy (non-hydrogen) atoms. The Hall–Kier alpha value is -1.36. The maximum absolute atomic E-state index is 9.47. The van der Waals surface area contributed by atoms with Crippen LogP contribution >= 0.6 is 0 Å². The summed E-state index contributed by atoms with van der Waals surface area (Å²) in [4.78, 5) is 10.9. The van der Waals surface area contributed by atoms with Crippen molar-refractivity contribution in [1.29, 1.82) is 0 Å². The molecule has 5 heteroatoms. The predicted molar refractivity (Wildman–Crippen MR) is 68.3 cm³/mol. The van der Waals surface area contributed by atoms with Crippen LogP contribution in [0, 0.1) is 0 Å². The monoisotopic (exact) mass is 236 g/mol. The summed E-state index contributed by atoms with van der Waals surface area (Å²) in [5.41, 5.74) is 0. The van der Waals surface area contributed by atoms with E-state index in [1.54, 1.807) is 6.20 Å². The maximum Gasteiger partial charge on any atom is 0.224 e. The molecule has 0 aromatic carbocycles. The molecule has 0 radical (unpaired) electrons. The fourth-order valence-electron chi connectivity index (χ4n) is 1.94. The summed E-state index contributed by atoms with van der Waals surface area (Å²) in [5.74, 6) is 1.64. The van der Waals surface area contributed by atoms with Crippen LogP contribution in [-0.4, -0.2) is 40.8 Å². The normalized spacial score (nSPS) is 17.2. The van der Waals surface area contributed by atoms with E-state index in [-0.39, 0.29) is 6.10 Å². The van der Waals surface area contributed by atoms with E-state index >= 15 is 0 Å². The Morgan fingerprint density at radius 2 is 2.24 bits per heavy atom. The number of anilines is 2. The van der Waals surface area contributed by atoms with Gasteiger partial charge in [-0.15, -0.1) is 0 Å². The van der Waals surface area contributed by atoms with Gasteiger partial charge in [-0.3, -0.25) is 0 Å². The highest BCUT2D eigenvalue weighted by Crippen LogP contribution is 2.18. The second kappa shape index (κ2) is 5.82. The highest BCUT2D eigenvalue weighted by Gasteiger charge is 2.18. The first-order chi connectivity index (χ1) is 8.29. The molecule has 0 amide bonds. The smallest absolute Gasteiger partial charge is 0.224 e. The van der Waals surface area contributed by atoms with Crippen molar-refractivity contribution in [1.82, 2.24) is 9.97 Å². The first kappa shape index (κ1) is 12.1. The number of hydrogen-bond acceptors (Lipinski definition) is 5. The molecular formula is C12H20N4O. The van der Waals surface area contributed by atoms with E-state index in [1.165, 1.54) is 0 Å². The summed E-state index contributed by atoms with van der Waals surface area (Å²) in [6.07, 6.45) is 4.34. The van der Waals surface area contributed by atoms with E-state index in [2.05, 4.69) is 27.1 Å². The molecule has 1 aromatic rings. The quantitative estimate of drug-likeness (QED) is 0.824. The molecule has 1 aliphatic heterocycles. The first-order valence-corrected chi connectivity index (χ1v) is 6.29. The molecule has 94 valence electrons. The molecular weight excluding hydrogens is 216 g/mol. The van der Waals surface area contributed by atoms with Gasteiger partial charge >= 0.3 is 0 Å². The predicted octanol–water partition coefficient (Wildman–Crippen LogP) is 1.26. The Morgan fingerprint density at radius 3 is 2.94 bits per heavy atom. The van der Waals surface area contributed by atoms with Crippen LogP contribution in [0.15, 0.2) is 12.3 Å². The van der Waals surface area contributed by atoms with Gasteiger partial charge in [0, 0.05) is 25.8 Å². The minimum Gasteiger partial charge on any atom is -0.393 e. The van der Waals surface area contributed by atoms with Gasteiger partial charge in [0.05, 0.1) is 6.10 Å². The summed E-state index contributed by atoms with van der Waals surface area (Å²) in [7, 11) is 0. The van der Waals surface area contributed by atoms with E-state index in [0.29, 0.717) is 5.95 Å². The van der Waals surface area contributed by atoms with Crippen molar-refractivity contribution in [3.05, 3.63) is 12.3 Å². The van der Waals surface area contributed by atoms with Crippen LogP contribution < -0.4 is 10.2 Å². The number of hydrogen-bond donors (Lipinski definition) is 2. The molecule has 1 aromatic heterocycles. The molecule has 0 spiro atoms. The number of nitrogens with zero attached hydrogens (tertiary/aromatic N) is 3. The van der Waals surface area contributed by atoms with Crippen molar-refractivity contribution in [3.63, 3.8) is 0 Å². The van der Waals surface area contributed by atoms with E-state index < -0.39 is 0 Å². The molecule has 1 saturated heterocycles. The zero-order valence-corrected chi connectivity index (χ0v) is 10.3. The fourth-order valence-corrected chi connectivity index (χ4v) is 1.94. The van der Waals surface area contributed by atoms with Crippen molar-refractivity contribution in [3.8, 4) is 0 Å². The van der Waals surface area contributed by atoms with Crippen LogP contribution in [0.5, 0.6) is 0 Å². The maximum atomic E-state index is 9.47. The highest BCUT2D eigenvalue weighted by molar-refractivity contribution is 5.42. The second-order valence-corrected chi connectivity index (χ2v) is 4.38. The Kier molecular flexibility index (Phi) is 4.14. The third kappa shape index (κ3) is 3.30. The van der Waals surface area contributed by atoms with Crippen LogP contribution in [0.4, 0.5) is 11.8 Å². The topological polar surface area (TPSA) is 61.3 Å². The second-order valence-electron chi connectivity index (χ2n) is 4.38. The summed E-state index contributed by atoms with van der Waals surface area (Å²) >= 11 is 0. The molecule has 0 atom stereocenters. The van der Waals surface area contributed by atoms with Crippen LogP contribution in [0.25, 0.3) is 0 Å². The summed E-state index contributed by atoms with van der Waals surface area (Å²) < 4.78 is 0. The molecule has 2 N–H and O–H groups in total. The van der Waals surface area contributed by atoms with Crippen molar-refractivity contribution in [2.75, 3.05) is 29.9 Å². The summed E-state index contributed by atoms with van der Waals surface area (Å²) in [6, 6.07) is 1.93. The molecule has 0 unspecified atom stereocenters. The highest BCUT2D eigenvalue weighted by atomic mass is 16.3. The molecule has 5 nitrogen and oxygen atoms in total. The van der Waals surface area contributed by atoms with Gasteiger partial charge in [-0.25, -0.2) is 4.98 Å². The zero-order valence-electron chi connectivity index (χ0n) is 10.3. The molecule has 1 fully saturated rings. The van der Waals surface area contributed by atoms with Gasteiger partial charge in [-0.2, -0.15) is 4.98 Å². The van der Waals surface area contributed by atoms with Crippen molar-refractivity contribution in [2.45, 2.75) is 32.3 Å². The lowest BCUT2D eigenvalue weighted by Crippen LogP contribution is -2.36. The third-order valence-corrected chi connectivity index (χ3v) is 2.96. The SMILES string of the molecule is CCCNc1nccc(N2CCC(O)CC2)n1. The Bertz CT molecular complexity index is 350. The lowest BCUT2D eigenvalue weighted by molar-refractivity contribution is 0.145. The molecule has 2 heterocycles. The number of aromatic nitrogens is 2. The van der Waals surface area contributed by atoms with E-state index in [0.717, 1.165) is 44.7 Å². The van der Waals surface area contributed by atoms with Crippen molar-refractivity contribution >= 4 is 11.8 Å². The number of aliphatic hydroxyl groups is 1. The lowest BCUT2D eigenvalue weighted by Gasteiger charge is -2.30. The molecule has 2 rings (SSSR count). The summed E-state index contributed by atoms with van der Waals surface area (Å²) in [6.45, 7) is 4.74. The van der Waals surface area contributed by atoms with Crippen LogP contribution in [0.3, 0.4) is 0 Å². The molecule has 1 aliphatic rings. The van der Waals surface area contributed by atoms with Gasteiger partial charge in [0.25, 0.3) is 0 Å². The minimum atomic E-state index is -0.147. The molecule has 0 saturated carbocycles. The van der Waals surface area contributed by atoms with E-state index in [4.69, 9.17) is 0 Å². The first-order valence-electron chi connectivity index (χ1n) is 6.29. The van der Waals surface area contributed by atoms with Crippen LogP contribution in [0.1, 0.15) is 26.2 Å². The van der Waals surface area contributed by atoms with Gasteiger partial charge < -0.3 is 15.3 Å². The Morgan fingerprint density at radius 1 is 1.47 bits per heavy atom. The van der Waals surface area contributed by atoms with Gasteiger partial charge in [0.15, 0.2) is 0 Å². The Balaban J connectivity index is 2.00. The largest absolute Gasteiger partial charge is 0.393 e. The number of aliphatic hydroxyl groups excluding tert-OH is 1. The van der Waals surface area contributed by atoms with Crippen molar-refractivity contribution in [2.24, 2.45) is 0 Å². The number of rotatable bonds is 4. The van der Waals surface area contributed by atoms with Crippen molar-refractivity contribution < 1.29 is 5.11 Å². The average molecular weight is 236 g/mol. The van der Waals surface area contributed by atoms with E-state index in [9.17, 15) is 5.11 Å². The van der Waals surface area contributed by atoms with Crippen LogP contribution in [-0.2, 0) is 0 Å². The fraction of sp³-hybridized carbons (Fsp3) is 0.667. The zero-order chi connectivity index (χ0) is 12.1. The minimum absolute atomic E-state index is 0.147. The summed E-state index contributed by atoms with van der Waals surface area (Å²) in [5, 5.41) is 12.7. The average Bonchev–Trinajstić information content (AvgIpc) is 2.37. The number of nitrogens with one attached hydrogen (secondary N) is 1. The van der Waals surface area contributed by atoms with E-state index in [1.807, 2.05) is 6.07 Å². The number of piperidine rings is 1. The van der Waals surface area contributed by atoms with Gasteiger partial charge in [0.1, 0.15) is 5.82 Å². The molecule has 0 aliphatic carbocycles. The third-order valence-electron chi connectivity index (χ3n) is 2.96. The van der Waals surface area contributed by atoms with Gasteiger partial charge in [-0.1, -0.05) is 6.92 Å². The van der Waals surface area contributed by atoms with Crippen LogP contribution in [0.2, 0.25) is 0 Å². The standard InChI is InChI=1S/C12H20N4O/c1-2-6-13-12-14-7-3-11(15-12)16-8-4-10(17)5-9-16/h3,7,10,17H,2,4-6,8-9H2,1H3,(H,13,14,15). The Labute approximate surface area is 102 Å². The lowest BCUT2D eigenvalue weighted by atomic mass is 10.1. The van der Waals surface area contributed by atoms with Gasteiger partial charge in [0.2, 0.25) is 5.95 Å².